The lowest BCUT2D eigenvalue weighted by Gasteiger charge is -2.09. The molecule has 0 aliphatic carbocycles. The molecule has 0 atom stereocenters. The van der Waals surface area contributed by atoms with E-state index < -0.39 is 5.97 Å². The highest BCUT2D eigenvalue weighted by atomic mass is 16.4. The summed E-state index contributed by atoms with van der Waals surface area (Å²) in [5, 5.41) is 11.4. The van der Waals surface area contributed by atoms with Crippen molar-refractivity contribution in [2.24, 2.45) is 0 Å². The Hall–Kier alpha value is -2.95. The van der Waals surface area contributed by atoms with Gasteiger partial charge in [-0.1, -0.05) is 6.07 Å². The smallest absolute Gasteiger partial charge is 0.328 e. The molecule has 0 saturated carbocycles. The van der Waals surface area contributed by atoms with E-state index in [0.29, 0.717) is 11.3 Å². The van der Waals surface area contributed by atoms with Crippen molar-refractivity contribution in [2.75, 3.05) is 5.32 Å². The molecule has 2 aromatic rings. The third-order valence-corrected chi connectivity index (χ3v) is 2.84. The Morgan fingerprint density at radius 2 is 2.10 bits per heavy atom. The van der Waals surface area contributed by atoms with Gasteiger partial charge < -0.3 is 10.4 Å². The number of carboxylic acids is 1. The van der Waals surface area contributed by atoms with Crippen molar-refractivity contribution < 1.29 is 14.7 Å². The normalized spacial score (nSPS) is 10.5. The Kier molecular flexibility index (Phi) is 4.46. The van der Waals surface area contributed by atoms with E-state index in [-0.39, 0.29) is 5.91 Å². The first-order valence-corrected chi connectivity index (χ1v) is 6.29. The summed E-state index contributed by atoms with van der Waals surface area (Å²) in [5.74, 6) is -1.23. The van der Waals surface area contributed by atoms with Gasteiger partial charge in [0.1, 0.15) is 0 Å². The third kappa shape index (κ3) is 4.01. The second kappa shape index (κ2) is 6.47. The summed E-state index contributed by atoms with van der Waals surface area (Å²) in [6.07, 6.45) is 5.67. The van der Waals surface area contributed by atoms with Crippen molar-refractivity contribution in [3.05, 3.63) is 65.5 Å². The first-order chi connectivity index (χ1) is 10.1. The topological polar surface area (TPSA) is 79.3 Å². The van der Waals surface area contributed by atoms with Crippen molar-refractivity contribution >= 4 is 23.6 Å². The maximum Gasteiger partial charge on any atom is 0.328 e. The SMILES string of the molecule is Cc1cc(C=CC(=O)O)ccc1NC(=O)c1cccnc1. The van der Waals surface area contributed by atoms with Gasteiger partial charge in [0.05, 0.1) is 5.56 Å². The number of aryl methyl sites for hydroxylation is 1. The third-order valence-electron chi connectivity index (χ3n) is 2.84. The van der Waals surface area contributed by atoms with Gasteiger partial charge in [-0.2, -0.15) is 0 Å². The van der Waals surface area contributed by atoms with Crippen LogP contribution in [0.3, 0.4) is 0 Å². The number of carbonyl (C=O) groups is 2. The minimum atomic E-state index is -0.999. The van der Waals surface area contributed by atoms with Gasteiger partial charge in [0.15, 0.2) is 0 Å². The Morgan fingerprint density at radius 3 is 2.71 bits per heavy atom. The molecule has 0 aliphatic rings. The second-order valence-corrected chi connectivity index (χ2v) is 4.44. The van der Waals surface area contributed by atoms with E-state index in [9.17, 15) is 9.59 Å². The predicted octanol–water partition coefficient (Wildman–Crippen LogP) is 2.74. The molecule has 106 valence electrons. The first kappa shape index (κ1) is 14.5. The van der Waals surface area contributed by atoms with Crippen molar-refractivity contribution in [2.45, 2.75) is 6.92 Å². The molecule has 5 heteroatoms. The molecule has 1 amide bonds. The molecule has 2 rings (SSSR count). The van der Waals surface area contributed by atoms with Crippen LogP contribution < -0.4 is 5.32 Å². The van der Waals surface area contributed by atoms with Crippen molar-refractivity contribution in [1.82, 2.24) is 4.98 Å². The van der Waals surface area contributed by atoms with Gasteiger partial charge in [-0.3, -0.25) is 9.78 Å². The van der Waals surface area contributed by atoms with Gasteiger partial charge in [0, 0.05) is 24.2 Å². The van der Waals surface area contributed by atoms with Crippen LogP contribution in [0, 0.1) is 6.92 Å². The number of nitrogens with one attached hydrogen (secondary N) is 1. The van der Waals surface area contributed by atoms with Gasteiger partial charge in [-0.25, -0.2) is 4.79 Å². The number of nitrogens with zero attached hydrogens (tertiary/aromatic N) is 1. The van der Waals surface area contributed by atoms with Crippen molar-refractivity contribution in [3.63, 3.8) is 0 Å². The maximum absolute atomic E-state index is 12.0. The van der Waals surface area contributed by atoms with Gasteiger partial charge in [-0.05, 0) is 48.4 Å². The number of amides is 1. The summed E-state index contributed by atoms with van der Waals surface area (Å²) in [6, 6.07) is 8.66. The summed E-state index contributed by atoms with van der Waals surface area (Å²) in [5.41, 5.74) is 2.76. The van der Waals surface area contributed by atoms with Crippen LogP contribution in [-0.4, -0.2) is 22.0 Å². The highest BCUT2D eigenvalue weighted by molar-refractivity contribution is 6.04. The average Bonchev–Trinajstić information content (AvgIpc) is 2.48. The van der Waals surface area contributed by atoms with E-state index in [1.165, 1.54) is 12.3 Å². The molecule has 2 N–H and O–H groups in total. The van der Waals surface area contributed by atoms with Crippen molar-refractivity contribution in [1.29, 1.82) is 0 Å². The summed E-state index contributed by atoms with van der Waals surface area (Å²) in [7, 11) is 0. The molecule has 1 aromatic heterocycles. The second-order valence-electron chi connectivity index (χ2n) is 4.44. The number of anilines is 1. The van der Waals surface area contributed by atoms with Crippen LogP contribution in [0.2, 0.25) is 0 Å². The van der Waals surface area contributed by atoms with Crippen LogP contribution in [-0.2, 0) is 4.79 Å². The zero-order valence-electron chi connectivity index (χ0n) is 11.4. The molecule has 0 bridgehead atoms. The summed E-state index contributed by atoms with van der Waals surface area (Å²) in [4.78, 5) is 26.4. The number of aromatic nitrogens is 1. The molecule has 0 radical (unpaired) electrons. The highest BCUT2D eigenvalue weighted by Crippen LogP contribution is 2.18. The van der Waals surface area contributed by atoms with Crippen LogP contribution in [0.1, 0.15) is 21.5 Å². The summed E-state index contributed by atoms with van der Waals surface area (Å²) in [6.45, 7) is 1.84. The van der Waals surface area contributed by atoms with E-state index in [1.54, 1.807) is 36.5 Å². The average molecular weight is 282 g/mol. The number of hydrogen-bond acceptors (Lipinski definition) is 3. The lowest BCUT2D eigenvalue weighted by molar-refractivity contribution is -0.131. The first-order valence-electron chi connectivity index (χ1n) is 6.29. The van der Waals surface area contributed by atoms with Gasteiger partial charge in [-0.15, -0.1) is 0 Å². The molecule has 0 aliphatic heterocycles. The van der Waals surface area contributed by atoms with Crippen LogP contribution in [0.5, 0.6) is 0 Å². The van der Waals surface area contributed by atoms with Gasteiger partial charge in [0.2, 0.25) is 0 Å². The summed E-state index contributed by atoms with van der Waals surface area (Å²) >= 11 is 0. The molecular weight excluding hydrogens is 268 g/mol. The minimum Gasteiger partial charge on any atom is -0.478 e. The molecule has 0 unspecified atom stereocenters. The number of aliphatic carboxylic acids is 1. The minimum absolute atomic E-state index is 0.236. The van der Waals surface area contributed by atoms with Crippen LogP contribution >= 0.6 is 0 Å². The fraction of sp³-hybridized carbons (Fsp3) is 0.0625. The Labute approximate surface area is 122 Å². The van der Waals surface area contributed by atoms with E-state index in [2.05, 4.69) is 10.3 Å². The van der Waals surface area contributed by atoms with Crippen LogP contribution in [0.25, 0.3) is 6.08 Å². The van der Waals surface area contributed by atoms with E-state index in [0.717, 1.165) is 17.2 Å². The number of carboxylic acid groups (broad SMARTS) is 1. The number of benzene rings is 1. The zero-order valence-corrected chi connectivity index (χ0v) is 11.4. The molecule has 0 fully saturated rings. The largest absolute Gasteiger partial charge is 0.478 e. The molecule has 1 heterocycles. The van der Waals surface area contributed by atoms with E-state index >= 15 is 0 Å². The highest BCUT2D eigenvalue weighted by Gasteiger charge is 2.07. The molecule has 0 saturated heterocycles. The Balaban J connectivity index is 2.15. The monoisotopic (exact) mass is 282 g/mol. The molecular formula is C16H14N2O3. The number of pyridine rings is 1. The Bertz CT molecular complexity index is 694. The lowest BCUT2D eigenvalue weighted by Crippen LogP contribution is -2.12. The van der Waals surface area contributed by atoms with E-state index in [4.69, 9.17) is 5.11 Å². The Morgan fingerprint density at radius 1 is 1.29 bits per heavy atom. The summed E-state index contributed by atoms with van der Waals surface area (Å²) < 4.78 is 0. The van der Waals surface area contributed by atoms with Gasteiger partial charge in [0.25, 0.3) is 5.91 Å². The maximum atomic E-state index is 12.0. The molecule has 0 spiro atoms. The van der Waals surface area contributed by atoms with Gasteiger partial charge >= 0.3 is 5.97 Å². The lowest BCUT2D eigenvalue weighted by atomic mass is 10.1. The van der Waals surface area contributed by atoms with Crippen LogP contribution in [0.4, 0.5) is 5.69 Å². The molecule has 1 aromatic carbocycles. The fourth-order valence-electron chi connectivity index (χ4n) is 1.79. The van der Waals surface area contributed by atoms with Crippen LogP contribution in [0.15, 0.2) is 48.8 Å². The quantitative estimate of drug-likeness (QED) is 0.845. The zero-order chi connectivity index (χ0) is 15.2. The van der Waals surface area contributed by atoms with Crippen molar-refractivity contribution in [3.8, 4) is 0 Å². The fourth-order valence-corrected chi connectivity index (χ4v) is 1.79. The molecule has 21 heavy (non-hydrogen) atoms. The van der Waals surface area contributed by atoms with E-state index in [1.807, 2.05) is 6.92 Å². The molecule has 5 nitrogen and oxygen atoms in total. The standard InChI is InChI=1S/C16H14N2O3/c1-11-9-12(5-7-15(19)20)4-6-14(11)18-16(21)13-3-2-8-17-10-13/h2-10H,1H3,(H,18,21)(H,19,20). The number of hydrogen-bond donors (Lipinski definition) is 2. The number of carbonyl (C=O) groups excluding carboxylic acids is 1. The predicted molar refractivity (Wildman–Crippen MR) is 80.0 cm³/mol. The number of rotatable bonds is 4.